The lowest BCUT2D eigenvalue weighted by atomic mass is 9.93. The molecule has 2 amide bonds. The number of benzene rings is 4. The van der Waals surface area contributed by atoms with Crippen LogP contribution in [0.4, 0.5) is 0 Å². The number of aryl methyl sites for hydroxylation is 1. The van der Waals surface area contributed by atoms with E-state index in [-0.39, 0.29) is 37.4 Å². The van der Waals surface area contributed by atoms with Crippen LogP contribution in [0.1, 0.15) is 57.7 Å². The quantitative estimate of drug-likeness (QED) is 0.192. The highest BCUT2D eigenvalue weighted by molar-refractivity contribution is 6.06. The van der Waals surface area contributed by atoms with Crippen LogP contribution < -0.4 is 5.32 Å². The number of aliphatic carboxylic acids is 1. The molecule has 2 unspecified atom stereocenters. The Kier molecular flexibility index (Phi) is 10.6. The minimum absolute atomic E-state index is 0.0653. The minimum atomic E-state index is -0.977. The van der Waals surface area contributed by atoms with Crippen LogP contribution in [0, 0.1) is 0 Å². The number of hydrogen-bond acceptors (Lipinski definition) is 4. The van der Waals surface area contributed by atoms with E-state index >= 15 is 0 Å². The average Bonchev–Trinajstić information content (AvgIpc) is 3.03. The molecule has 2 atom stereocenters. The van der Waals surface area contributed by atoms with Crippen molar-refractivity contribution in [1.82, 2.24) is 10.2 Å². The molecule has 0 aliphatic heterocycles. The van der Waals surface area contributed by atoms with Gasteiger partial charge in [0.15, 0.2) is 0 Å². The highest BCUT2D eigenvalue weighted by Crippen LogP contribution is 2.29. The molecule has 4 aromatic carbocycles. The molecule has 7 heteroatoms. The summed E-state index contributed by atoms with van der Waals surface area (Å²) in [6, 6.07) is 32.5. The summed E-state index contributed by atoms with van der Waals surface area (Å²) in [6.45, 7) is 1.73. The number of carbonyl (C=O) groups is 3. The summed E-state index contributed by atoms with van der Waals surface area (Å²) in [5.74, 6) is -1.65. The normalized spacial score (nSPS) is 12.2. The third kappa shape index (κ3) is 7.71. The van der Waals surface area contributed by atoms with Crippen molar-refractivity contribution in [1.29, 1.82) is 0 Å². The topological polar surface area (TPSA) is 107 Å². The summed E-state index contributed by atoms with van der Waals surface area (Å²) in [5.41, 5.74) is 3.81. The Morgan fingerprint density at radius 3 is 1.93 bits per heavy atom. The highest BCUT2D eigenvalue weighted by atomic mass is 16.4. The first-order chi connectivity index (χ1) is 20.4. The number of rotatable bonds is 13. The van der Waals surface area contributed by atoms with Gasteiger partial charge in [0.05, 0.1) is 19.1 Å². The summed E-state index contributed by atoms with van der Waals surface area (Å²) in [5, 5.41) is 22.3. The van der Waals surface area contributed by atoms with Crippen molar-refractivity contribution in [3.8, 4) is 11.1 Å². The second-order valence-corrected chi connectivity index (χ2v) is 10.2. The fourth-order valence-electron chi connectivity index (χ4n) is 5.05. The molecule has 0 bridgehead atoms. The van der Waals surface area contributed by atoms with Gasteiger partial charge in [0.2, 0.25) is 0 Å². The molecule has 0 fully saturated rings. The van der Waals surface area contributed by atoms with Crippen LogP contribution in [-0.2, 0) is 11.2 Å². The lowest BCUT2D eigenvalue weighted by Crippen LogP contribution is -2.40. The Bertz CT molecular complexity index is 1490. The molecule has 0 aliphatic carbocycles. The van der Waals surface area contributed by atoms with Gasteiger partial charge >= 0.3 is 5.97 Å². The fourth-order valence-corrected chi connectivity index (χ4v) is 5.05. The van der Waals surface area contributed by atoms with Crippen LogP contribution in [0.3, 0.4) is 0 Å². The van der Waals surface area contributed by atoms with Crippen molar-refractivity contribution in [3.63, 3.8) is 0 Å². The molecule has 4 aromatic rings. The van der Waals surface area contributed by atoms with E-state index in [2.05, 4.69) is 5.32 Å². The van der Waals surface area contributed by atoms with Crippen LogP contribution in [0.2, 0.25) is 0 Å². The predicted molar refractivity (Wildman–Crippen MR) is 163 cm³/mol. The number of carboxylic acids is 1. The molecule has 3 N–H and O–H groups in total. The molecular weight excluding hydrogens is 528 g/mol. The number of carbonyl (C=O) groups excluding carboxylic acids is 2. The second-order valence-electron chi connectivity index (χ2n) is 10.2. The smallest absolute Gasteiger partial charge is 0.305 e. The van der Waals surface area contributed by atoms with Crippen molar-refractivity contribution < 1.29 is 24.6 Å². The molecule has 0 saturated carbocycles. The average molecular weight is 565 g/mol. The second kappa shape index (κ2) is 14.8. The van der Waals surface area contributed by atoms with E-state index in [4.69, 9.17) is 0 Å². The van der Waals surface area contributed by atoms with E-state index < -0.39 is 12.0 Å². The van der Waals surface area contributed by atoms with Crippen LogP contribution in [0.15, 0.2) is 109 Å². The molecule has 0 saturated heterocycles. The van der Waals surface area contributed by atoms with Crippen LogP contribution in [0.25, 0.3) is 11.1 Å². The Balaban J connectivity index is 1.64. The molecule has 0 heterocycles. The van der Waals surface area contributed by atoms with Crippen LogP contribution >= 0.6 is 0 Å². The molecule has 216 valence electrons. The van der Waals surface area contributed by atoms with Gasteiger partial charge in [-0.25, -0.2) is 0 Å². The molecule has 7 nitrogen and oxygen atoms in total. The van der Waals surface area contributed by atoms with E-state index in [1.165, 1.54) is 0 Å². The van der Waals surface area contributed by atoms with Crippen molar-refractivity contribution >= 4 is 17.8 Å². The van der Waals surface area contributed by atoms with Gasteiger partial charge in [-0.2, -0.15) is 0 Å². The van der Waals surface area contributed by atoms with E-state index in [0.29, 0.717) is 28.7 Å². The maximum absolute atomic E-state index is 14.1. The standard InChI is InChI=1S/C35H36N2O5/c1-25(20-21-26-12-4-2-5-13-26)37(23-22-33(39)40)35(42)31-19-11-9-17-29(31)28-16-8-10-18-30(28)34(41)36-32(24-38)27-14-6-3-7-15-27/h2-19,25,32,38H,20-24H2,1H3,(H,36,41)(H,39,40). The van der Waals surface area contributed by atoms with Crippen LogP contribution in [0.5, 0.6) is 0 Å². The number of amides is 2. The third-order valence-corrected chi connectivity index (χ3v) is 7.36. The van der Waals surface area contributed by atoms with E-state index in [1.807, 2.05) is 73.7 Å². The number of aliphatic hydroxyl groups is 1. The first-order valence-electron chi connectivity index (χ1n) is 14.1. The SMILES string of the molecule is CC(CCc1ccccc1)N(CCC(=O)O)C(=O)c1ccccc1-c1ccccc1C(=O)NC(CO)c1ccccc1. The van der Waals surface area contributed by atoms with Gasteiger partial charge in [-0.1, -0.05) is 97.1 Å². The van der Waals surface area contributed by atoms with Crippen molar-refractivity contribution in [2.24, 2.45) is 0 Å². The third-order valence-electron chi connectivity index (χ3n) is 7.36. The zero-order valence-electron chi connectivity index (χ0n) is 23.6. The fraction of sp³-hybridized carbons (Fsp3) is 0.229. The molecule has 0 aliphatic rings. The molecule has 0 spiro atoms. The molecule has 0 radical (unpaired) electrons. The van der Waals surface area contributed by atoms with Gasteiger partial charge in [-0.3, -0.25) is 14.4 Å². The van der Waals surface area contributed by atoms with Gasteiger partial charge in [-0.05, 0) is 54.2 Å². The summed E-state index contributed by atoms with van der Waals surface area (Å²) < 4.78 is 0. The Morgan fingerprint density at radius 2 is 1.31 bits per heavy atom. The van der Waals surface area contributed by atoms with Crippen molar-refractivity contribution in [2.45, 2.75) is 38.3 Å². The highest BCUT2D eigenvalue weighted by Gasteiger charge is 2.26. The van der Waals surface area contributed by atoms with Crippen LogP contribution in [-0.4, -0.2) is 52.1 Å². The summed E-state index contributed by atoms with van der Waals surface area (Å²) in [6.07, 6.45) is 1.24. The molecule has 4 rings (SSSR count). The van der Waals surface area contributed by atoms with Crippen molar-refractivity contribution in [3.05, 3.63) is 131 Å². The zero-order chi connectivity index (χ0) is 29.9. The van der Waals surface area contributed by atoms with Gasteiger partial charge in [0.1, 0.15) is 0 Å². The number of nitrogens with zero attached hydrogens (tertiary/aromatic N) is 1. The molecule has 42 heavy (non-hydrogen) atoms. The number of nitrogens with one attached hydrogen (secondary N) is 1. The zero-order valence-corrected chi connectivity index (χ0v) is 23.6. The van der Waals surface area contributed by atoms with Gasteiger partial charge in [0.25, 0.3) is 11.8 Å². The Labute approximate surface area is 246 Å². The molecular formula is C35H36N2O5. The predicted octanol–water partition coefficient (Wildman–Crippen LogP) is 5.76. The largest absolute Gasteiger partial charge is 0.481 e. The summed E-state index contributed by atoms with van der Waals surface area (Å²) >= 11 is 0. The maximum atomic E-state index is 14.1. The molecule has 0 aromatic heterocycles. The first-order valence-corrected chi connectivity index (χ1v) is 14.1. The lowest BCUT2D eigenvalue weighted by molar-refractivity contribution is -0.137. The van der Waals surface area contributed by atoms with E-state index in [0.717, 1.165) is 17.5 Å². The maximum Gasteiger partial charge on any atom is 0.305 e. The Morgan fingerprint density at radius 1 is 0.762 bits per heavy atom. The van der Waals surface area contributed by atoms with E-state index in [1.54, 1.807) is 47.4 Å². The monoisotopic (exact) mass is 564 g/mol. The van der Waals surface area contributed by atoms with E-state index in [9.17, 15) is 24.6 Å². The minimum Gasteiger partial charge on any atom is -0.481 e. The Hall–Kier alpha value is -4.75. The van der Waals surface area contributed by atoms with Gasteiger partial charge in [0, 0.05) is 23.7 Å². The van der Waals surface area contributed by atoms with Gasteiger partial charge < -0.3 is 20.4 Å². The number of hydrogen-bond donors (Lipinski definition) is 3. The lowest BCUT2D eigenvalue weighted by Gasteiger charge is -2.30. The van der Waals surface area contributed by atoms with Gasteiger partial charge in [-0.15, -0.1) is 0 Å². The first kappa shape index (κ1) is 30.2. The summed E-state index contributed by atoms with van der Waals surface area (Å²) in [7, 11) is 0. The summed E-state index contributed by atoms with van der Waals surface area (Å²) in [4.78, 5) is 40.7. The number of carboxylic acid groups (broad SMARTS) is 1. The van der Waals surface area contributed by atoms with Crippen molar-refractivity contribution in [2.75, 3.05) is 13.2 Å². The number of aliphatic hydroxyl groups excluding tert-OH is 1.